The van der Waals surface area contributed by atoms with E-state index in [1.807, 2.05) is 20.8 Å². The van der Waals surface area contributed by atoms with Gasteiger partial charge in [0.2, 0.25) is 5.91 Å². The first-order valence-electron chi connectivity index (χ1n) is 5.95. The Labute approximate surface area is 99.9 Å². The van der Waals surface area contributed by atoms with Gasteiger partial charge in [0.1, 0.15) is 6.61 Å². The van der Waals surface area contributed by atoms with Crippen molar-refractivity contribution in [3.8, 4) is 0 Å². The maximum atomic E-state index is 11.5. The summed E-state index contributed by atoms with van der Waals surface area (Å²) in [6.45, 7) is 15.3. The Morgan fingerprint density at radius 1 is 1.19 bits per heavy atom. The lowest BCUT2D eigenvalue weighted by molar-refractivity contribution is -0.131. The Hall–Kier alpha value is -0.570. The average molecular weight is 229 g/mol. The van der Waals surface area contributed by atoms with Crippen LogP contribution in [0, 0.1) is 11.3 Å². The molecule has 1 amide bonds. The second-order valence-corrected chi connectivity index (χ2v) is 6.32. The summed E-state index contributed by atoms with van der Waals surface area (Å²) in [6.07, 6.45) is 0. The monoisotopic (exact) mass is 229 g/mol. The SMILES string of the molecule is CC(C)C(C)(C)CNC(=O)COC(C)(C)C. The van der Waals surface area contributed by atoms with Crippen LogP contribution in [0.1, 0.15) is 48.5 Å². The fourth-order valence-electron chi connectivity index (χ4n) is 0.864. The molecule has 0 aliphatic heterocycles. The van der Waals surface area contributed by atoms with Crippen LogP contribution in [0.5, 0.6) is 0 Å². The number of amides is 1. The number of rotatable bonds is 5. The van der Waals surface area contributed by atoms with Gasteiger partial charge >= 0.3 is 0 Å². The summed E-state index contributed by atoms with van der Waals surface area (Å²) in [5.41, 5.74) is -0.137. The molecule has 3 heteroatoms. The van der Waals surface area contributed by atoms with E-state index in [0.29, 0.717) is 12.5 Å². The molecule has 0 aliphatic carbocycles. The van der Waals surface area contributed by atoms with E-state index in [2.05, 4.69) is 33.0 Å². The molecular weight excluding hydrogens is 202 g/mol. The molecule has 0 atom stereocenters. The molecule has 0 saturated carbocycles. The van der Waals surface area contributed by atoms with Crippen LogP contribution in [0.2, 0.25) is 0 Å². The molecule has 3 nitrogen and oxygen atoms in total. The van der Waals surface area contributed by atoms with Crippen LogP contribution in [-0.2, 0) is 9.53 Å². The minimum absolute atomic E-state index is 0.0383. The minimum Gasteiger partial charge on any atom is -0.366 e. The summed E-state index contributed by atoms with van der Waals surface area (Å²) in [5, 5.41) is 2.91. The topological polar surface area (TPSA) is 38.3 Å². The quantitative estimate of drug-likeness (QED) is 0.787. The van der Waals surface area contributed by atoms with E-state index in [-0.39, 0.29) is 23.5 Å². The van der Waals surface area contributed by atoms with E-state index < -0.39 is 0 Å². The number of carbonyl (C=O) groups excluding carboxylic acids is 1. The Morgan fingerprint density at radius 3 is 2.06 bits per heavy atom. The zero-order valence-corrected chi connectivity index (χ0v) is 11.8. The van der Waals surface area contributed by atoms with Gasteiger partial charge in [-0.15, -0.1) is 0 Å². The molecule has 0 aliphatic rings. The molecule has 16 heavy (non-hydrogen) atoms. The van der Waals surface area contributed by atoms with Gasteiger partial charge in [-0.3, -0.25) is 4.79 Å². The molecule has 0 aromatic heterocycles. The fourth-order valence-corrected chi connectivity index (χ4v) is 0.864. The van der Waals surface area contributed by atoms with E-state index in [0.717, 1.165) is 0 Å². The first kappa shape index (κ1) is 15.4. The third-order valence-corrected chi connectivity index (χ3v) is 2.94. The van der Waals surface area contributed by atoms with E-state index >= 15 is 0 Å². The Bertz CT molecular complexity index is 227. The highest BCUT2D eigenvalue weighted by molar-refractivity contribution is 5.77. The van der Waals surface area contributed by atoms with E-state index in [1.165, 1.54) is 0 Å². The van der Waals surface area contributed by atoms with Gasteiger partial charge in [-0.2, -0.15) is 0 Å². The molecule has 0 unspecified atom stereocenters. The van der Waals surface area contributed by atoms with Gasteiger partial charge in [0, 0.05) is 6.54 Å². The normalized spacial score (nSPS) is 13.0. The lowest BCUT2D eigenvalue weighted by atomic mass is 9.81. The molecule has 0 aromatic carbocycles. The van der Waals surface area contributed by atoms with E-state index in [9.17, 15) is 4.79 Å². The van der Waals surface area contributed by atoms with E-state index in [4.69, 9.17) is 4.74 Å². The van der Waals surface area contributed by atoms with Gasteiger partial charge in [-0.25, -0.2) is 0 Å². The number of ether oxygens (including phenoxy) is 1. The zero-order valence-electron chi connectivity index (χ0n) is 11.8. The second kappa shape index (κ2) is 5.67. The molecule has 0 bridgehead atoms. The Morgan fingerprint density at radius 2 is 1.69 bits per heavy atom. The highest BCUT2D eigenvalue weighted by Crippen LogP contribution is 2.24. The molecule has 0 aromatic rings. The maximum Gasteiger partial charge on any atom is 0.246 e. The first-order valence-corrected chi connectivity index (χ1v) is 5.95. The Balaban J connectivity index is 3.91. The number of nitrogens with one attached hydrogen (secondary N) is 1. The largest absolute Gasteiger partial charge is 0.366 e. The van der Waals surface area contributed by atoms with Crippen LogP contribution in [0.15, 0.2) is 0 Å². The van der Waals surface area contributed by atoms with Crippen molar-refractivity contribution in [3.05, 3.63) is 0 Å². The minimum atomic E-state index is -0.259. The molecular formula is C13H27NO2. The van der Waals surface area contributed by atoms with Gasteiger partial charge in [0.05, 0.1) is 5.60 Å². The van der Waals surface area contributed by atoms with Crippen molar-refractivity contribution in [2.45, 2.75) is 54.1 Å². The highest BCUT2D eigenvalue weighted by atomic mass is 16.5. The van der Waals surface area contributed by atoms with Crippen LogP contribution in [-0.4, -0.2) is 24.7 Å². The molecule has 96 valence electrons. The second-order valence-electron chi connectivity index (χ2n) is 6.32. The molecule has 1 N–H and O–H groups in total. The summed E-state index contributed by atoms with van der Waals surface area (Å²) >= 11 is 0. The van der Waals surface area contributed by atoms with Gasteiger partial charge in [-0.1, -0.05) is 27.7 Å². The molecule has 0 saturated heterocycles. The van der Waals surface area contributed by atoms with Crippen molar-refractivity contribution in [3.63, 3.8) is 0 Å². The predicted octanol–water partition coefficient (Wildman–Crippen LogP) is 2.60. The van der Waals surface area contributed by atoms with Crippen molar-refractivity contribution in [1.82, 2.24) is 5.32 Å². The Kier molecular flexibility index (Phi) is 5.47. The number of hydrogen-bond donors (Lipinski definition) is 1. The zero-order chi connectivity index (χ0) is 13.0. The smallest absolute Gasteiger partial charge is 0.246 e. The van der Waals surface area contributed by atoms with Crippen LogP contribution in [0.3, 0.4) is 0 Å². The molecule has 0 heterocycles. The third-order valence-electron chi connectivity index (χ3n) is 2.94. The fraction of sp³-hybridized carbons (Fsp3) is 0.923. The third kappa shape index (κ3) is 6.83. The van der Waals surface area contributed by atoms with Crippen LogP contribution >= 0.6 is 0 Å². The summed E-state index contributed by atoms with van der Waals surface area (Å²) in [4.78, 5) is 11.5. The predicted molar refractivity (Wildman–Crippen MR) is 67.3 cm³/mol. The van der Waals surface area contributed by atoms with Crippen molar-refractivity contribution in [2.75, 3.05) is 13.2 Å². The van der Waals surface area contributed by atoms with Crippen LogP contribution in [0.25, 0.3) is 0 Å². The lowest BCUT2D eigenvalue weighted by Gasteiger charge is -2.29. The van der Waals surface area contributed by atoms with Gasteiger partial charge < -0.3 is 10.1 Å². The number of hydrogen-bond acceptors (Lipinski definition) is 2. The van der Waals surface area contributed by atoms with Crippen molar-refractivity contribution < 1.29 is 9.53 Å². The summed E-state index contributed by atoms with van der Waals surface area (Å²) < 4.78 is 5.40. The van der Waals surface area contributed by atoms with E-state index in [1.54, 1.807) is 0 Å². The lowest BCUT2D eigenvalue weighted by Crippen LogP contribution is -2.39. The first-order chi connectivity index (χ1) is 7.04. The van der Waals surface area contributed by atoms with Crippen molar-refractivity contribution >= 4 is 5.91 Å². The van der Waals surface area contributed by atoms with Crippen molar-refractivity contribution in [2.24, 2.45) is 11.3 Å². The molecule has 0 spiro atoms. The van der Waals surface area contributed by atoms with Gasteiger partial charge in [0.25, 0.3) is 0 Å². The summed E-state index contributed by atoms with van der Waals surface area (Å²) in [6, 6.07) is 0. The van der Waals surface area contributed by atoms with Crippen LogP contribution < -0.4 is 5.32 Å². The molecule has 0 rings (SSSR count). The summed E-state index contributed by atoms with van der Waals surface area (Å²) in [5.74, 6) is 0.500. The standard InChI is InChI=1S/C13H27NO2/c1-10(2)13(6,7)9-14-11(15)8-16-12(3,4)5/h10H,8-9H2,1-7H3,(H,14,15). The van der Waals surface area contributed by atoms with Crippen LogP contribution in [0.4, 0.5) is 0 Å². The maximum absolute atomic E-state index is 11.5. The molecule has 0 radical (unpaired) electrons. The van der Waals surface area contributed by atoms with Crippen molar-refractivity contribution in [1.29, 1.82) is 0 Å². The average Bonchev–Trinajstić information content (AvgIpc) is 2.10. The molecule has 0 fully saturated rings. The highest BCUT2D eigenvalue weighted by Gasteiger charge is 2.23. The summed E-state index contributed by atoms with van der Waals surface area (Å²) in [7, 11) is 0. The van der Waals surface area contributed by atoms with Gasteiger partial charge in [0.15, 0.2) is 0 Å². The van der Waals surface area contributed by atoms with Gasteiger partial charge in [-0.05, 0) is 32.1 Å². The number of carbonyl (C=O) groups is 1.